The van der Waals surface area contributed by atoms with Crippen LogP contribution in [0.3, 0.4) is 0 Å². The van der Waals surface area contributed by atoms with Crippen LogP contribution in [0.4, 0.5) is 10.5 Å². The highest BCUT2D eigenvalue weighted by Gasteiger charge is 2.42. The van der Waals surface area contributed by atoms with Crippen LogP contribution in [-0.2, 0) is 30.8 Å². The lowest BCUT2D eigenvalue weighted by atomic mass is 9.86. The molecular weight excluding hydrogens is 803 g/mol. The van der Waals surface area contributed by atoms with Gasteiger partial charge in [0.1, 0.15) is 22.6 Å². The number of aromatic nitrogens is 2. The van der Waals surface area contributed by atoms with Crippen LogP contribution in [0, 0.1) is 23.7 Å². The molecule has 3 fully saturated rings. The van der Waals surface area contributed by atoms with Gasteiger partial charge in [0.15, 0.2) is 0 Å². The van der Waals surface area contributed by atoms with Crippen molar-refractivity contribution >= 4 is 50.5 Å². The molecule has 2 saturated heterocycles. The molecule has 0 spiro atoms. The summed E-state index contributed by atoms with van der Waals surface area (Å²) in [4.78, 5) is 52.0. The highest BCUT2D eigenvalue weighted by molar-refractivity contribution is 7.90. The minimum atomic E-state index is -3.99. The van der Waals surface area contributed by atoms with E-state index in [1.54, 1.807) is 6.07 Å². The number of carbonyl (C=O) groups excluding carboxylic acids is 3. The topological polar surface area (TPSA) is 166 Å². The Balaban J connectivity index is 1.02. The Morgan fingerprint density at radius 2 is 1.58 bits per heavy atom. The number of likely N-dealkylation sites (tertiary alicyclic amines) is 2. The fraction of sp³-hybridized carbons (Fsp3) is 0.521. The van der Waals surface area contributed by atoms with Gasteiger partial charge >= 0.3 is 6.09 Å². The molecule has 4 heterocycles. The molecule has 3 aliphatic heterocycles. The number of methoxy groups -OCH3 is 1. The van der Waals surface area contributed by atoms with Gasteiger partial charge in [-0.2, -0.15) is 8.42 Å². The number of imidazole rings is 1. The van der Waals surface area contributed by atoms with Crippen LogP contribution in [0.15, 0.2) is 57.8 Å². The third kappa shape index (κ3) is 7.35. The molecule has 0 radical (unpaired) electrons. The van der Waals surface area contributed by atoms with Crippen molar-refractivity contribution in [2.45, 2.75) is 121 Å². The average Bonchev–Trinajstić information content (AvgIpc) is 4.11. The average molecular weight is 862 g/mol. The van der Waals surface area contributed by atoms with Crippen LogP contribution in [0.25, 0.3) is 33.3 Å². The summed E-state index contributed by atoms with van der Waals surface area (Å²) < 4.78 is 36.5. The Hall–Kier alpha value is -5.24. The minimum Gasteiger partial charge on any atom is -0.453 e. The molecule has 4 aromatic rings. The number of H-pyrrole nitrogens is 1. The molecule has 2 unspecified atom stereocenters. The maximum atomic E-state index is 13.8. The van der Waals surface area contributed by atoms with E-state index in [4.69, 9.17) is 9.72 Å². The van der Waals surface area contributed by atoms with E-state index in [2.05, 4.69) is 64.2 Å². The van der Waals surface area contributed by atoms with Gasteiger partial charge in [-0.05, 0) is 126 Å². The van der Waals surface area contributed by atoms with Gasteiger partial charge in [-0.3, -0.25) is 9.59 Å². The van der Waals surface area contributed by atoms with Crippen LogP contribution < -0.4 is 10.6 Å². The highest BCUT2D eigenvalue weighted by Crippen LogP contribution is 2.54. The molecule has 1 aromatic heterocycles. The molecule has 14 heteroatoms. The zero-order valence-corrected chi connectivity index (χ0v) is 37.5. The van der Waals surface area contributed by atoms with Crippen LogP contribution >= 0.6 is 0 Å². The van der Waals surface area contributed by atoms with Crippen LogP contribution in [0.5, 0.6) is 0 Å². The molecule has 13 nitrogen and oxygen atoms in total. The quantitative estimate of drug-likeness (QED) is 0.143. The number of benzene rings is 3. The van der Waals surface area contributed by atoms with Crippen molar-refractivity contribution in [1.29, 1.82) is 0 Å². The first-order valence-electron chi connectivity index (χ1n) is 22.7. The van der Waals surface area contributed by atoms with E-state index in [1.807, 2.05) is 42.7 Å². The Kier molecular flexibility index (Phi) is 11.2. The largest absolute Gasteiger partial charge is 0.453 e. The second-order valence-electron chi connectivity index (χ2n) is 18.6. The molecule has 9 rings (SSSR count). The predicted octanol–water partition coefficient (Wildman–Crippen LogP) is 8.57. The number of hydrogen-bond donors (Lipinski definition) is 3. The minimum absolute atomic E-state index is 0.0511. The summed E-state index contributed by atoms with van der Waals surface area (Å²) >= 11 is 0. The number of sulfonamides is 1. The van der Waals surface area contributed by atoms with E-state index in [-0.39, 0.29) is 40.5 Å². The molecule has 2 aliphatic carbocycles. The molecule has 5 aliphatic rings. The number of fused-ring (bicyclic) bond motifs is 5. The van der Waals surface area contributed by atoms with E-state index in [0.717, 1.165) is 72.1 Å². The number of amidine groups is 1. The molecule has 62 heavy (non-hydrogen) atoms. The maximum absolute atomic E-state index is 13.8. The normalized spacial score (nSPS) is 24.0. The highest BCUT2D eigenvalue weighted by atomic mass is 32.2. The van der Waals surface area contributed by atoms with E-state index >= 15 is 0 Å². The van der Waals surface area contributed by atoms with Crippen LogP contribution in [-0.4, -0.2) is 84.2 Å². The third-order valence-corrected chi connectivity index (χ3v) is 16.0. The summed E-state index contributed by atoms with van der Waals surface area (Å²) in [5, 5.41) is 6.14. The van der Waals surface area contributed by atoms with Crippen molar-refractivity contribution < 1.29 is 27.5 Å². The molecule has 0 bridgehead atoms. The molecule has 3 amide bonds. The Morgan fingerprint density at radius 1 is 0.871 bits per heavy atom. The first-order chi connectivity index (χ1) is 29.8. The van der Waals surface area contributed by atoms with Crippen LogP contribution in [0.2, 0.25) is 0 Å². The number of nitrogens with one attached hydrogen (secondary N) is 3. The van der Waals surface area contributed by atoms with Crippen molar-refractivity contribution in [3.63, 3.8) is 0 Å². The van der Waals surface area contributed by atoms with Gasteiger partial charge in [0.05, 0.1) is 35.9 Å². The van der Waals surface area contributed by atoms with E-state index in [9.17, 15) is 22.8 Å². The Labute approximate surface area is 364 Å². The number of hydrogen-bond acceptors (Lipinski definition) is 8. The number of anilines is 1. The lowest BCUT2D eigenvalue weighted by molar-refractivity contribution is -0.136. The SMILES string of the molecule is CC[C@H](C)[C@H](C)C(=O)N1CCC[C@H]1C1=NS(=O)(=O)c2ccc(-c3ccc(-c4ccc5nc([C@@H]6CCCN6C(=O)[C@@H](NC(=O)OC)C(C)C)[nH]c5c4)c4c3CC3CCCC43)cc2N1. The van der Waals surface area contributed by atoms with Crippen molar-refractivity contribution in [3.8, 4) is 22.3 Å². The molecule has 3 N–H and O–H groups in total. The smallest absolute Gasteiger partial charge is 0.407 e. The van der Waals surface area contributed by atoms with Gasteiger partial charge in [0.2, 0.25) is 11.8 Å². The lowest BCUT2D eigenvalue weighted by Gasteiger charge is -2.32. The number of alkyl carbamates (subject to hydrolysis) is 1. The van der Waals surface area contributed by atoms with Crippen molar-refractivity contribution in [3.05, 3.63) is 65.5 Å². The number of amides is 3. The Bertz CT molecular complexity index is 2580. The summed E-state index contributed by atoms with van der Waals surface area (Å²) in [7, 11) is -2.69. The van der Waals surface area contributed by atoms with Crippen molar-refractivity contribution in [2.24, 2.45) is 28.1 Å². The number of aromatic amines is 1. The zero-order valence-electron chi connectivity index (χ0n) is 36.7. The van der Waals surface area contributed by atoms with Gasteiger partial charge in [-0.1, -0.05) is 71.7 Å². The summed E-state index contributed by atoms with van der Waals surface area (Å²) in [6, 6.07) is 15.0. The molecule has 3 aromatic carbocycles. The molecule has 7 atom stereocenters. The van der Waals surface area contributed by atoms with Gasteiger partial charge in [0, 0.05) is 19.0 Å². The second kappa shape index (κ2) is 16.5. The first kappa shape index (κ1) is 42.1. The number of nitrogens with zero attached hydrogens (tertiary/aromatic N) is 4. The fourth-order valence-electron chi connectivity index (χ4n) is 11.0. The summed E-state index contributed by atoms with van der Waals surface area (Å²) in [6.07, 6.45) is 7.82. The monoisotopic (exact) mass is 861 g/mol. The lowest BCUT2D eigenvalue weighted by Crippen LogP contribution is -2.51. The fourth-order valence-corrected chi connectivity index (χ4v) is 12.1. The van der Waals surface area contributed by atoms with Gasteiger partial charge < -0.3 is 30.2 Å². The van der Waals surface area contributed by atoms with Crippen LogP contribution in [0.1, 0.15) is 115 Å². The predicted molar refractivity (Wildman–Crippen MR) is 240 cm³/mol. The van der Waals surface area contributed by atoms with E-state index < -0.39 is 28.2 Å². The van der Waals surface area contributed by atoms with Gasteiger partial charge in [-0.25, -0.2) is 9.78 Å². The zero-order chi connectivity index (χ0) is 43.6. The third-order valence-electron chi connectivity index (χ3n) is 14.7. The first-order valence-corrected chi connectivity index (χ1v) is 24.1. The van der Waals surface area contributed by atoms with Crippen molar-refractivity contribution in [1.82, 2.24) is 25.1 Å². The van der Waals surface area contributed by atoms with E-state index in [0.29, 0.717) is 42.9 Å². The summed E-state index contributed by atoms with van der Waals surface area (Å²) in [5.74, 6) is 1.92. The number of ether oxygens (including phenoxy) is 1. The number of carbonyl (C=O) groups is 3. The van der Waals surface area contributed by atoms with E-state index in [1.165, 1.54) is 36.6 Å². The molecule has 328 valence electrons. The van der Waals surface area contributed by atoms with Crippen molar-refractivity contribution in [2.75, 3.05) is 25.5 Å². The second-order valence-corrected chi connectivity index (χ2v) is 20.2. The summed E-state index contributed by atoms with van der Waals surface area (Å²) in [5.41, 5.74) is 9.30. The number of rotatable bonds is 10. The molecule has 1 saturated carbocycles. The Morgan fingerprint density at radius 3 is 2.32 bits per heavy atom. The molecular formula is C48H59N7O6S. The maximum Gasteiger partial charge on any atom is 0.407 e. The van der Waals surface area contributed by atoms with Gasteiger partial charge in [-0.15, -0.1) is 4.40 Å². The van der Waals surface area contributed by atoms with Gasteiger partial charge in [0.25, 0.3) is 10.0 Å². The standard InChI is InChI=1S/C48H59N7O6S/c1-7-27(4)28(5)46(56)54-21-10-14-40(54)45-51-38-25-30(16-20-41(38)62(59,60)53-45)32-17-18-34(42-33-12-8-11-29(33)23-35(32)42)31-15-19-36-37(24-31)50-44(49-36)39-13-9-22-55(39)47(57)43(26(2)3)52-48(58)61-6/h15-20,24-29,33,39-40,43H,7-14,21-23H2,1-6H3,(H,49,50)(H,51,53)(H,52,58)/t27-,28-,29?,33?,39-,40-,43-/m0/s1. The summed E-state index contributed by atoms with van der Waals surface area (Å²) in [6.45, 7) is 11.1.